The molecule has 0 saturated heterocycles. The molecule has 8 nitrogen and oxygen atoms in total. The Balaban J connectivity index is 1.46. The fourth-order valence-corrected chi connectivity index (χ4v) is 4.16. The first-order chi connectivity index (χ1) is 16.2. The van der Waals surface area contributed by atoms with E-state index in [-0.39, 0.29) is 18.3 Å². The van der Waals surface area contributed by atoms with Crippen molar-refractivity contribution < 1.29 is 14.6 Å². The molecule has 1 N–H and O–H groups in total. The Morgan fingerprint density at radius 3 is 2.88 bits per heavy atom. The van der Waals surface area contributed by atoms with Crippen LogP contribution in [-0.4, -0.2) is 29.7 Å². The number of pyridine rings is 1. The van der Waals surface area contributed by atoms with E-state index in [2.05, 4.69) is 15.1 Å². The van der Waals surface area contributed by atoms with Gasteiger partial charge in [-0.15, -0.1) is 5.10 Å². The summed E-state index contributed by atoms with van der Waals surface area (Å²) in [5.74, 6) is 2.20. The molecule has 5 aromatic rings. The van der Waals surface area contributed by atoms with Gasteiger partial charge < -0.3 is 14.6 Å². The summed E-state index contributed by atoms with van der Waals surface area (Å²) in [6.45, 7) is 2.22. The lowest BCUT2D eigenvalue weighted by Gasteiger charge is -2.27. The third-order valence-electron chi connectivity index (χ3n) is 5.70. The molecule has 33 heavy (non-hydrogen) atoms. The number of aryl methyl sites for hydroxylation is 1. The van der Waals surface area contributed by atoms with Crippen LogP contribution in [0.2, 0.25) is 0 Å². The molecule has 0 saturated carbocycles. The van der Waals surface area contributed by atoms with Gasteiger partial charge in [-0.2, -0.15) is 0 Å². The van der Waals surface area contributed by atoms with Gasteiger partial charge in [0.05, 0.1) is 5.56 Å². The van der Waals surface area contributed by atoms with Gasteiger partial charge in [0.15, 0.2) is 11.5 Å². The number of rotatable bonds is 4. The van der Waals surface area contributed by atoms with Crippen LogP contribution in [0.1, 0.15) is 34.0 Å². The van der Waals surface area contributed by atoms with Gasteiger partial charge in [-0.3, -0.25) is 4.98 Å². The first kappa shape index (κ1) is 19.2. The molecule has 0 unspecified atom stereocenters. The number of phenolic OH excluding ortho intramolecular Hbond substituents is 1. The number of nitrogens with zero attached hydrogens (tertiary/aromatic N) is 5. The first-order valence-corrected chi connectivity index (χ1v) is 10.5. The zero-order chi connectivity index (χ0) is 22.4. The number of hydrogen-bond donors (Lipinski definition) is 1. The molecule has 0 aliphatic carbocycles. The lowest BCUT2D eigenvalue weighted by atomic mass is 9.84. The molecule has 0 amide bonds. The van der Waals surface area contributed by atoms with Crippen molar-refractivity contribution in [2.24, 2.45) is 0 Å². The summed E-state index contributed by atoms with van der Waals surface area (Å²) in [5.41, 5.74) is 4.33. The number of ether oxygens (including phenoxy) is 2. The summed E-state index contributed by atoms with van der Waals surface area (Å²) in [6, 6.07) is 16.8. The van der Waals surface area contributed by atoms with Crippen LogP contribution in [0, 0.1) is 6.92 Å². The average Bonchev–Trinajstić information content (AvgIpc) is 3.26. The topological polar surface area (TPSA) is 94.7 Å². The molecule has 1 aliphatic heterocycles. The summed E-state index contributed by atoms with van der Waals surface area (Å²) in [6.07, 6.45) is 5.13. The number of para-hydroxylation sites is 1. The van der Waals surface area contributed by atoms with Crippen LogP contribution in [0.15, 0.2) is 73.3 Å². The average molecular weight is 437 g/mol. The molecule has 0 fully saturated rings. The van der Waals surface area contributed by atoms with Crippen molar-refractivity contribution in [3.05, 3.63) is 101 Å². The van der Waals surface area contributed by atoms with Gasteiger partial charge in [0.1, 0.15) is 30.2 Å². The van der Waals surface area contributed by atoms with Gasteiger partial charge in [-0.05, 0) is 36.2 Å². The Morgan fingerprint density at radius 2 is 2.03 bits per heavy atom. The molecule has 2 aromatic carbocycles. The predicted molar refractivity (Wildman–Crippen MR) is 120 cm³/mol. The maximum absolute atomic E-state index is 9.99. The van der Waals surface area contributed by atoms with Crippen LogP contribution < -0.4 is 9.47 Å². The largest absolute Gasteiger partial charge is 0.508 e. The minimum Gasteiger partial charge on any atom is -0.508 e. The van der Waals surface area contributed by atoms with Crippen LogP contribution in [0.3, 0.4) is 0 Å². The van der Waals surface area contributed by atoms with Crippen molar-refractivity contribution in [3.63, 3.8) is 0 Å². The standard InChI is InChI=1S/C25H19N5O3/c1-15-5-2-3-7-19(15)32-13-21-28-24-23-22(16-6-4-10-26-12-16)18-9-8-17(31)11-20(18)33-25(23)27-14-30(24)29-21/h2-12,14,22,31H,13H2,1H3/t22-/m1/s1. The second-order valence-electron chi connectivity index (χ2n) is 7.86. The molecule has 4 heterocycles. The summed E-state index contributed by atoms with van der Waals surface area (Å²) >= 11 is 0. The van der Waals surface area contributed by atoms with E-state index in [1.165, 1.54) is 0 Å². The Labute approximate surface area is 189 Å². The number of fused-ring (bicyclic) bond motifs is 4. The van der Waals surface area contributed by atoms with Crippen LogP contribution in [0.25, 0.3) is 5.65 Å². The van der Waals surface area contributed by atoms with Gasteiger partial charge >= 0.3 is 0 Å². The molecule has 6 rings (SSSR count). The van der Waals surface area contributed by atoms with Crippen molar-refractivity contribution in [2.45, 2.75) is 19.4 Å². The lowest BCUT2D eigenvalue weighted by molar-refractivity contribution is 0.294. The first-order valence-electron chi connectivity index (χ1n) is 10.5. The highest BCUT2D eigenvalue weighted by Gasteiger charge is 2.33. The van der Waals surface area contributed by atoms with Gasteiger partial charge in [0, 0.05) is 29.9 Å². The van der Waals surface area contributed by atoms with Crippen molar-refractivity contribution in [2.75, 3.05) is 0 Å². The number of hydrogen-bond acceptors (Lipinski definition) is 7. The van der Waals surface area contributed by atoms with E-state index >= 15 is 0 Å². The van der Waals surface area contributed by atoms with E-state index in [1.54, 1.807) is 29.2 Å². The minimum atomic E-state index is -0.233. The summed E-state index contributed by atoms with van der Waals surface area (Å²) in [7, 11) is 0. The number of aromatic hydroxyl groups is 1. The molecule has 162 valence electrons. The fourth-order valence-electron chi connectivity index (χ4n) is 4.16. The molecular formula is C25H19N5O3. The van der Waals surface area contributed by atoms with Crippen LogP contribution >= 0.6 is 0 Å². The van der Waals surface area contributed by atoms with Gasteiger partial charge in [-0.1, -0.05) is 30.3 Å². The third kappa shape index (κ3) is 3.32. The number of aromatic nitrogens is 5. The van der Waals surface area contributed by atoms with Gasteiger partial charge in [0.25, 0.3) is 0 Å². The van der Waals surface area contributed by atoms with Crippen molar-refractivity contribution in [3.8, 4) is 23.1 Å². The summed E-state index contributed by atoms with van der Waals surface area (Å²) in [4.78, 5) is 13.6. The molecule has 1 aliphatic rings. The van der Waals surface area contributed by atoms with Crippen LogP contribution in [-0.2, 0) is 6.61 Å². The Bertz CT molecular complexity index is 1480. The third-order valence-corrected chi connectivity index (χ3v) is 5.70. The molecule has 3 aromatic heterocycles. The van der Waals surface area contributed by atoms with Crippen molar-refractivity contribution >= 4 is 5.65 Å². The molecular weight excluding hydrogens is 418 g/mol. The van der Waals surface area contributed by atoms with E-state index in [9.17, 15) is 5.11 Å². The lowest BCUT2D eigenvalue weighted by Crippen LogP contribution is -2.15. The highest BCUT2D eigenvalue weighted by Crippen LogP contribution is 2.48. The zero-order valence-electron chi connectivity index (χ0n) is 17.7. The van der Waals surface area contributed by atoms with Crippen LogP contribution in [0.5, 0.6) is 23.1 Å². The maximum atomic E-state index is 9.99. The van der Waals surface area contributed by atoms with Gasteiger partial charge in [-0.25, -0.2) is 14.5 Å². The molecule has 0 spiro atoms. The SMILES string of the molecule is Cc1ccccc1OCc1nc2c3c(ncn2n1)Oc1cc(O)ccc1[C@H]3c1cccnc1. The number of phenols is 1. The molecule has 8 heteroatoms. The monoisotopic (exact) mass is 437 g/mol. The molecule has 0 radical (unpaired) electrons. The highest BCUT2D eigenvalue weighted by molar-refractivity contribution is 5.66. The minimum absolute atomic E-state index is 0.126. The molecule has 1 atom stereocenters. The Hall–Kier alpha value is -4.46. The van der Waals surface area contributed by atoms with E-state index in [4.69, 9.17) is 14.5 Å². The van der Waals surface area contributed by atoms with E-state index in [1.807, 2.05) is 55.6 Å². The predicted octanol–water partition coefficient (Wildman–Crippen LogP) is 4.40. The summed E-state index contributed by atoms with van der Waals surface area (Å²) in [5, 5.41) is 14.6. The number of benzene rings is 2. The second-order valence-corrected chi connectivity index (χ2v) is 7.86. The van der Waals surface area contributed by atoms with Gasteiger partial charge in [0.2, 0.25) is 5.88 Å². The van der Waals surface area contributed by atoms with E-state index in [0.717, 1.165) is 28.0 Å². The summed E-state index contributed by atoms with van der Waals surface area (Å²) < 4.78 is 13.7. The maximum Gasteiger partial charge on any atom is 0.228 e. The quantitative estimate of drug-likeness (QED) is 0.437. The van der Waals surface area contributed by atoms with Crippen molar-refractivity contribution in [1.29, 1.82) is 0 Å². The van der Waals surface area contributed by atoms with E-state index < -0.39 is 0 Å². The second kappa shape index (κ2) is 7.59. The van der Waals surface area contributed by atoms with Crippen LogP contribution in [0.4, 0.5) is 0 Å². The smallest absolute Gasteiger partial charge is 0.228 e. The zero-order valence-corrected chi connectivity index (χ0v) is 17.7. The highest BCUT2D eigenvalue weighted by atomic mass is 16.5. The fraction of sp³-hybridized carbons (Fsp3) is 0.120. The normalized spacial score (nSPS) is 14.4. The Morgan fingerprint density at radius 1 is 1.12 bits per heavy atom. The van der Waals surface area contributed by atoms with E-state index in [0.29, 0.717) is 23.1 Å². The van der Waals surface area contributed by atoms with Crippen molar-refractivity contribution in [1.82, 2.24) is 24.6 Å². The molecule has 0 bridgehead atoms. The Kier molecular flexibility index (Phi) is 4.43.